The number of hydrogen-bond donors (Lipinski definition) is 0. The van der Waals surface area contributed by atoms with Crippen LogP contribution in [0.25, 0.3) is 0 Å². The van der Waals surface area contributed by atoms with Crippen molar-refractivity contribution in [3.63, 3.8) is 0 Å². The van der Waals surface area contributed by atoms with Gasteiger partial charge in [0.15, 0.2) is 0 Å². The summed E-state index contributed by atoms with van der Waals surface area (Å²) in [5.41, 5.74) is 0. The van der Waals surface area contributed by atoms with Crippen LogP contribution in [0.5, 0.6) is 0 Å². The first-order chi connectivity index (χ1) is 4.83. The molecule has 1 aliphatic heterocycles. The molecule has 1 aliphatic rings. The molecule has 3 heteroatoms. The van der Waals surface area contributed by atoms with Gasteiger partial charge in [0.25, 0.3) is 0 Å². The van der Waals surface area contributed by atoms with Crippen molar-refractivity contribution in [2.45, 2.75) is 12.2 Å². The summed E-state index contributed by atoms with van der Waals surface area (Å²) in [7, 11) is 0. The Hall–Kier alpha value is -0.200. The molecule has 0 aliphatic carbocycles. The van der Waals surface area contributed by atoms with Crippen LogP contribution in [0.15, 0.2) is 0 Å². The van der Waals surface area contributed by atoms with Gasteiger partial charge in [-0.3, -0.25) is 4.90 Å². The van der Waals surface area contributed by atoms with Crippen LogP contribution in [-0.2, 0) is 0 Å². The third kappa shape index (κ3) is 2.20. The summed E-state index contributed by atoms with van der Waals surface area (Å²) in [5.74, 6) is 1.18. The highest BCUT2D eigenvalue weighted by atomic mass is 32.2. The summed E-state index contributed by atoms with van der Waals surface area (Å²) in [6.07, 6.45) is 0. The molecule has 0 aromatic carbocycles. The molecule has 1 fully saturated rings. The molecular weight excluding hydrogens is 144 g/mol. The minimum absolute atomic E-state index is 0.602. The molecule has 0 N–H and O–H groups in total. The van der Waals surface area contributed by atoms with E-state index in [0.29, 0.717) is 11.8 Å². The monoisotopic (exact) mass is 156 g/mol. The highest BCUT2D eigenvalue weighted by Crippen LogP contribution is 2.16. The number of hydrogen-bond acceptors (Lipinski definition) is 3. The van der Waals surface area contributed by atoms with Gasteiger partial charge in [0.2, 0.25) is 0 Å². The van der Waals surface area contributed by atoms with E-state index >= 15 is 0 Å². The van der Waals surface area contributed by atoms with Gasteiger partial charge >= 0.3 is 0 Å². The van der Waals surface area contributed by atoms with Crippen LogP contribution in [0.2, 0.25) is 0 Å². The Bertz CT molecular complexity index is 141. The molecule has 1 unspecified atom stereocenters. The molecular formula is C7H12N2S. The second-order valence-corrected chi connectivity index (χ2v) is 4.12. The molecule has 0 bridgehead atoms. The van der Waals surface area contributed by atoms with Crippen LogP contribution < -0.4 is 0 Å². The van der Waals surface area contributed by atoms with E-state index in [1.165, 1.54) is 5.75 Å². The third-order valence-electron chi connectivity index (χ3n) is 1.62. The molecule has 0 radical (unpaired) electrons. The van der Waals surface area contributed by atoms with Crippen LogP contribution in [-0.4, -0.2) is 35.5 Å². The zero-order valence-corrected chi connectivity index (χ0v) is 7.02. The van der Waals surface area contributed by atoms with Crippen LogP contribution in [0.4, 0.5) is 0 Å². The summed E-state index contributed by atoms with van der Waals surface area (Å²) in [5, 5.41) is 9.12. The Morgan fingerprint density at radius 2 is 2.60 bits per heavy atom. The van der Waals surface area contributed by atoms with Gasteiger partial charge < -0.3 is 0 Å². The largest absolute Gasteiger partial charge is 0.289 e. The Morgan fingerprint density at radius 1 is 1.80 bits per heavy atom. The highest BCUT2D eigenvalue weighted by Gasteiger charge is 2.15. The van der Waals surface area contributed by atoms with Crippen LogP contribution >= 0.6 is 11.8 Å². The van der Waals surface area contributed by atoms with Crippen LogP contribution in [0.1, 0.15) is 6.92 Å². The molecule has 1 atom stereocenters. The van der Waals surface area contributed by atoms with E-state index in [-0.39, 0.29) is 0 Å². The predicted octanol–water partition coefficient (Wildman–Crippen LogP) is 0.947. The minimum Gasteiger partial charge on any atom is -0.289 e. The Balaban J connectivity index is 2.27. The fourth-order valence-electron chi connectivity index (χ4n) is 1.13. The van der Waals surface area contributed by atoms with E-state index in [2.05, 4.69) is 17.9 Å². The van der Waals surface area contributed by atoms with Gasteiger partial charge in [0.1, 0.15) is 0 Å². The van der Waals surface area contributed by atoms with Gasteiger partial charge in [-0.1, -0.05) is 6.92 Å². The second kappa shape index (κ2) is 3.85. The van der Waals surface area contributed by atoms with Crippen molar-refractivity contribution in [2.75, 3.05) is 25.4 Å². The van der Waals surface area contributed by atoms with Gasteiger partial charge in [-0.15, -0.1) is 0 Å². The maximum Gasteiger partial charge on any atom is 0.0866 e. The van der Waals surface area contributed by atoms with Gasteiger partial charge in [-0.25, -0.2) is 0 Å². The van der Waals surface area contributed by atoms with Crippen molar-refractivity contribution in [1.29, 1.82) is 5.26 Å². The van der Waals surface area contributed by atoms with Crippen molar-refractivity contribution in [3.05, 3.63) is 0 Å². The first-order valence-electron chi connectivity index (χ1n) is 3.54. The number of rotatable bonds is 1. The number of nitrogens with zero attached hydrogens (tertiary/aromatic N) is 2. The highest BCUT2D eigenvalue weighted by molar-refractivity contribution is 7.99. The van der Waals surface area contributed by atoms with Gasteiger partial charge in [0.05, 0.1) is 12.6 Å². The predicted molar refractivity (Wildman–Crippen MR) is 44.0 cm³/mol. The average molecular weight is 156 g/mol. The molecule has 0 spiro atoms. The topological polar surface area (TPSA) is 27.0 Å². The maximum absolute atomic E-state index is 8.41. The molecule has 0 aromatic heterocycles. The average Bonchev–Trinajstić information content (AvgIpc) is 1.88. The summed E-state index contributed by atoms with van der Waals surface area (Å²) in [6.45, 7) is 4.99. The van der Waals surface area contributed by atoms with Gasteiger partial charge in [0, 0.05) is 24.1 Å². The standard InChI is InChI=1S/C7H12N2S/c1-7-6-9(3-2-8)4-5-10-7/h7H,3-6H2,1H3. The Kier molecular flexibility index (Phi) is 3.04. The molecule has 1 saturated heterocycles. The van der Waals surface area contributed by atoms with Crippen molar-refractivity contribution in [2.24, 2.45) is 0 Å². The lowest BCUT2D eigenvalue weighted by molar-refractivity contribution is 0.320. The molecule has 2 nitrogen and oxygen atoms in total. The van der Waals surface area contributed by atoms with E-state index < -0.39 is 0 Å². The summed E-state index contributed by atoms with van der Waals surface area (Å²) < 4.78 is 0. The lowest BCUT2D eigenvalue weighted by Gasteiger charge is -2.27. The lowest BCUT2D eigenvalue weighted by atomic mass is 10.4. The smallest absolute Gasteiger partial charge is 0.0866 e. The third-order valence-corrected chi connectivity index (χ3v) is 2.76. The molecule has 0 saturated carbocycles. The fraction of sp³-hybridized carbons (Fsp3) is 0.857. The zero-order valence-electron chi connectivity index (χ0n) is 6.21. The Labute approximate surface area is 66.2 Å². The maximum atomic E-state index is 8.41. The van der Waals surface area contributed by atoms with E-state index in [1.54, 1.807) is 0 Å². The van der Waals surface area contributed by atoms with Crippen LogP contribution in [0, 0.1) is 11.3 Å². The molecule has 1 rings (SSSR count). The SMILES string of the molecule is CC1CN(CC#N)CCS1. The summed E-state index contributed by atoms with van der Waals surface area (Å²) in [6, 6.07) is 2.17. The van der Waals surface area contributed by atoms with Crippen molar-refractivity contribution >= 4 is 11.8 Å². The van der Waals surface area contributed by atoms with Crippen molar-refractivity contribution in [1.82, 2.24) is 4.90 Å². The lowest BCUT2D eigenvalue weighted by Crippen LogP contribution is -2.36. The van der Waals surface area contributed by atoms with E-state index in [1.807, 2.05) is 11.8 Å². The van der Waals surface area contributed by atoms with E-state index in [0.717, 1.165) is 13.1 Å². The number of nitriles is 1. The van der Waals surface area contributed by atoms with E-state index in [9.17, 15) is 0 Å². The fourth-order valence-corrected chi connectivity index (χ4v) is 2.22. The Morgan fingerprint density at radius 3 is 3.20 bits per heavy atom. The normalized spacial score (nSPS) is 27.8. The first-order valence-corrected chi connectivity index (χ1v) is 4.58. The summed E-state index contributed by atoms with van der Waals surface area (Å²) in [4.78, 5) is 2.21. The number of thioether (sulfide) groups is 1. The second-order valence-electron chi connectivity index (χ2n) is 2.57. The van der Waals surface area contributed by atoms with Crippen molar-refractivity contribution < 1.29 is 0 Å². The molecule has 56 valence electrons. The summed E-state index contributed by atoms with van der Waals surface area (Å²) >= 11 is 2.00. The molecule has 0 aromatic rings. The quantitative estimate of drug-likeness (QED) is 0.529. The van der Waals surface area contributed by atoms with Crippen LogP contribution in [0.3, 0.4) is 0 Å². The van der Waals surface area contributed by atoms with Gasteiger partial charge in [-0.2, -0.15) is 17.0 Å². The molecule has 0 amide bonds. The molecule has 1 heterocycles. The zero-order chi connectivity index (χ0) is 7.40. The first kappa shape index (κ1) is 7.90. The van der Waals surface area contributed by atoms with Gasteiger partial charge in [-0.05, 0) is 0 Å². The minimum atomic E-state index is 0.602. The van der Waals surface area contributed by atoms with E-state index in [4.69, 9.17) is 5.26 Å². The molecule has 10 heavy (non-hydrogen) atoms. The van der Waals surface area contributed by atoms with Crippen molar-refractivity contribution in [3.8, 4) is 6.07 Å².